The van der Waals surface area contributed by atoms with Gasteiger partial charge in [0.2, 0.25) is 4.93 Å². The third-order valence-corrected chi connectivity index (χ3v) is 6.08. The van der Waals surface area contributed by atoms with Gasteiger partial charge in [-0.3, -0.25) is 0 Å². The predicted molar refractivity (Wildman–Crippen MR) is 97.6 cm³/mol. The summed E-state index contributed by atoms with van der Waals surface area (Å²) >= 11 is 1.07. The molecule has 1 aromatic carbocycles. The molecule has 28 heavy (non-hydrogen) atoms. The van der Waals surface area contributed by atoms with Crippen molar-refractivity contribution in [1.29, 1.82) is 0 Å². The minimum absolute atomic E-state index is 0.0138. The highest BCUT2D eigenvalue weighted by atomic mass is 32.2. The number of carbonyl (C=O) groups excluding carboxylic acids is 2. The number of methoxy groups -OCH3 is 1. The number of alkyl carbamates (subject to hydrolysis) is 1. The second kappa shape index (κ2) is 8.26. The number of aliphatic hydroxyl groups is 3. The van der Waals surface area contributed by atoms with Crippen LogP contribution in [0.4, 0.5) is 4.79 Å². The van der Waals surface area contributed by atoms with Crippen LogP contribution in [0.15, 0.2) is 29.2 Å². The average Bonchev–Trinajstić information content (AvgIpc) is 3.06. The number of amides is 1. The topological polar surface area (TPSA) is 135 Å². The minimum atomic E-state index is -1.61. The molecule has 2 fully saturated rings. The summed E-state index contributed by atoms with van der Waals surface area (Å²) in [6.45, 7) is 1.21. The van der Waals surface area contributed by atoms with E-state index < -0.39 is 54.1 Å². The highest BCUT2D eigenvalue weighted by Crippen LogP contribution is 2.46. The molecular weight excluding hydrogens is 390 g/mol. The summed E-state index contributed by atoms with van der Waals surface area (Å²) in [5.41, 5.74) is 1.04. The van der Waals surface area contributed by atoms with Gasteiger partial charge in [-0.1, -0.05) is 29.5 Å². The van der Waals surface area contributed by atoms with Crippen molar-refractivity contribution in [2.75, 3.05) is 13.7 Å². The van der Waals surface area contributed by atoms with Gasteiger partial charge in [-0.05, 0) is 19.1 Å². The number of hydrogen-bond acceptors (Lipinski definition) is 9. The Hall–Kier alpha value is -1.85. The maximum Gasteiger partial charge on any atom is 0.407 e. The molecular formula is C18H23NO8S. The molecule has 0 unspecified atom stereocenters. The van der Waals surface area contributed by atoms with Gasteiger partial charge in [0.1, 0.15) is 24.4 Å². The Morgan fingerprint density at radius 3 is 2.68 bits per heavy atom. The second-order valence-electron chi connectivity index (χ2n) is 6.80. The number of fused-ring (bicyclic) bond motifs is 1. The molecule has 1 amide bonds. The van der Waals surface area contributed by atoms with Crippen LogP contribution in [0.5, 0.6) is 0 Å². The molecule has 154 valence electrons. The molecule has 0 aliphatic carbocycles. The molecule has 6 atom stereocenters. The van der Waals surface area contributed by atoms with Gasteiger partial charge < -0.3 is 34.8 Å². The van der Waals surface area contributed by atoms with Gasteiger partial charge in [-0.15, -0.1) is 0 Å². The van der Waals surface area contributed by atoms with E-state index in [9.17, 15) is 24.9 Å². The first-order valence-corrected chi connectivity index (χ1v) is 9.57. The molecule has 2 heterocycles. The van der Waals surface area contributed by atoms with Crippen molar-refractivity contribution in [3.63, 3.8) is 0 Å². The number of rotatable bonds is 6. The third-order valence-electron chi connectivity index (χ3n) is 4.81. The molecule has 0 bridgehead atoms. The average molecular weight is 413 g/mol. The number of aryl methyl sites for hydroxylation is 1. The van der Waals surface area contributed by atoms with Crippen LogP contribution in [0, 0.1) is 6.92 Å². The van der Waals surface area contributed by atoms with Crippen molar-refractivity contribution in [2.24, 2.45) is 0 Å². The lowest BCUT2D eigenvalue weighted by Gasteiger charge is -2.44. The fourth-order valence-electron chi connectivity index (χ4n) is 3.34. The van der Waals surface area contributed by atoms with E-state index in [0.29, 0.717) is 4.90 Å². The molecule has 1 aromatic rings. The summed E-state index contributed by atoms with van der Waals surface area (Å²) in [5, 5.41) is 32.1. The van der Waals surface area contributed by atoms with Crippen molar-refractivity contribution < 1.29 is 39.1 Å². The predicted octanol–water partition coefficient (Wildman–Crippen LogP) is -0.0636. The summed E-state index contributed by atoms with van der Waals surface area (Å²) < 4.78 is 16.2. The zero-order chi connectivity index (χ0) is 20.5. The van der Waals surface area contributed by atoms with Gasteiger partial charge in [0, 0.05) is 11.3 Å². The molecule has 0 saturated carbocycles. The van der Waals surface area contributed by atoms with Gasteiger partial charge in [-0.25, -0.2) is 9.59 Å². The number of benzene rings is 1. The van der Waals surface area contributed by atoms with E-state index in [0.717, 1.165) is 17.3 Å². The fourth-order valence-corrected chi connectivity index (χ4v) is 4.57. The van der Waals surface area contributed by atoms with Crippen molar-refractivity contribution in [2.45, 2.75) is 53.6 Å². The molecule has 2 aliphatic heterocycles. The van der Waals surface area contributed by atoms with E-state index in [4.69, 9.17) is 14.2 Å². The Labute approximate surface area is 166 Å². The standard InChI is InChI=1S/C18H23NO8S/c1-9-3-5-10(6-4-9)28-18(16(23)25-2)7-12-13(19-17(24)26-12)15(27-18)14(22)11(21)8-20/h3-6,11-15,20-22H,7-8H2,1-2H3,(H,19,24)/t11-,12+,13-,14-,15-,18-/m1/s1. The smallest absolute Gasteiger partial charge is 0.407 e. The molecule has 2 saturated heterocycles. The highest BCUT2D eigenvalue weighted by Gasteiger charge is 2.59. The first-order chi connectivity index (χ1) is 13.3. The number of aliphatic hydroxyl groups excluding tert-OH is 3. The lowest BCUT2D eigenvalue weighted by atomic mass is 9.90. The van der Waals surface area contributed by atoms with E-state index in [1.165, 1.54) is 7.11 Å². The van der Waals surface area contributed by atoms with E-state index in [2.05, 4.69) is 5.32 Å². The van der Waals surface area contributed by atoms with Crippen LogP contribution in [0.1, 0.15) is 12.0 Å². The Balaban J connectivity index is 1.97. The summed E-state index contributed by atoms with van der Waals surface area (Å²) in [6.07, 6.45) is -5.81. The Morgan fingerprint density at radius 1 is 1.39 bits per heavy atom. The van der Waals surface area contributed by atoms with Gasteiger partial charge in [0.25, 0.3) is 0 Å². The van der Waals surface area contributed by atoms with Crippen molar-refractivity contribution >= 4 is 23.8 Å². The SMILES string of the molecule is COC(=O)[C@]1(Sc2ccc(C)cc2)C[C@@H]2OC(=O)N[C@H]2[C@H]([C@H](O)[C@H](O)CO)O1. The van der Waals surface area contributed by atoms with Crippen molar-refractivity contribution in [3.05, 3.63) is 29.8 Å². The first-order valence-electron chi connectivity index (χ1n) is 8.75. The summed E-state index contributed by atoms with van der Waals surface area (Å²) in [7, 11) is 1.21. The van der Waals surface area contributed by atoms with Gasteiger partial charge >= 0.3 is 12.1 Å². The van der Waals surface area contributed by atoms with Gasteiger partial charge in [0.15, 0.2) is 0 Å². The Bertz CT molecular complexity index is 729. The molecule has 0 spiro atoms. The number of nitrogens with one attached hydrogen (secondary N) is 1. The molecule has 0 radical (unpaired) electrons. The largest absolute Gasteiger partial charge is 0.466 e. The lowest BCUT2D eigenvalue weighted by Crippen LogP contribution is -2.63. The summed E-state index contributed by atoms with van der Waals surface area (Å²) in [6, 6.07) is 6.58. The number of ether oxygens (including phenoxy) is 3. The molecule has 10 heteroatoms. The van der Waals surface area contributed by atoms with E-state index in [1.807, 2.05) is 31.2 Å². The van der Waals surface area contributed by atoms with Crippen molar-refractivity contribution in [1.82, 2.24) is 5.32 Å². The molecule has 9 nitrogen and oxygen atoms in total. The number of esters is 1. The molecule has 2 aliphatic rings. The fraction of sp³-hybridized carbons (Fsp3) is 0.556. The van der Waals surface area contributed by atoms with Crippen molar-refractivity contribution in [3.8, 4) is 0 Å². The van der Waals surface area contributed by atoms with Crippen LogP contribution in [0.25, 0.3) is 0 Å². The maximum atomic E-state index is 12.7. The second-order valence-corrected chi connectivity index (χ2v) is 8.14. The minimum Gasteiger partial charge on any atom is -0.466 e. The van der Waals surface area contributed by atoms with E-state index >= 15 is 0 Å². The van der Waals surface area contributed by atoms with Crippen LogP contribution >= 0.6 is 11.8 Å². The molecule has 4 N–H and O–H groups in total. The highest BCUT2D eigenvalue weighted by molar-refractivity contribution is 8.01. The number of carbonyl (C=O) groups is 2. The van der Waals surface area contributed by atoms with Gasteiger partial charge in [-0.2, -0.15) is 0 Å². The normalized spacial score (nSPS) is 31.3. The third kappa shape index (κ3) is 3.96. The quantitative estimate of drug-likeness (QED) is 0.473. The molecule has 0 aromatic heterocycles. The Morgan fingerprint density at radius 2 is 2.07 bits per heavy atom. The van der Waals surface area contributed by atoms with Crippen LogP contribution in [-0.4, -0.2) is 76.5 Å². The van der Waals surface area contributed by atoms with Crippen LogP contribution < -0.4 is 5.32 Å². The van der Waals surface area contributed by atoms with Gasteiger partial charge in [0.05, 0.1) is 19.8 Å². The van der Waals surface area contributed by atoms with Crippen LogP contribution in [0.2, 0.25) is 0 Å². The van der Waals surface area contributed by atoms with E-state index in [1.54, 1.807) is 0 Å². The van der Waals surface area contributed by atoms with Crippen LogP contribution in [0.3, 0.4) is 0 Å². The summed E-state index contributed by atoms with van der Waals surface area (Å²) in [5.74, 6) is -0.713. The zero-order valence-electron chi connectivity index (χ0n) is 15.4. The zero-order valence-corrected chi connectivity index (χ0v) is 16.2. The monoisotopic (exact) mass is 413 g/mol. The number of hydrogen-bond donors (Lipinski definition) is 4. The van der Waals surface area contributed by atoms with Crippen LogP contribution in [-0.2, 0) is 19.0 Å². The lowest BCUT2D eigenvalue weighted by molar-refractivity contribution is -0.199. The summed E-state index contributed by atoms with van der Waals surface area (Å²) in [4.78, 5) is 23.6. The molecule has 3 rings (SSSR count). The van der Waals surface area contributed by atoms with E-state index in [-0.39, 0.29) is 6.42 Å². The number of thioether (sulfide) groups is 1. The first kappa shape index (κ1) is 20.9. The Kier molecular flexibility index (Phi) is 6.15. The maximum absolute atomic E-state index is 12.7.